The van der Waals surface area contributed by atoms with Crippen LogP contribution in [0, 0.1) is 0 Å². The second-order valence-corrected chi connectivity index (χ2v) is 4.11. The van der Waals surface area contributed by atoms with E-state index in [2.05, 4.69) is 10.3 Å². The number of hydrogen-bond donors (Lipinski definition) is 2. The van der Waals surface area contributed by atoms with Crippen LogP contribution in [0.25, 0.3) is 0 Å². The Labute approximate surface area is 108 Å². The summed E-state index contributed by atoms with van der Waals surface area (Å²) in [5, 5.41) is 3.02. The van der Waals surface area contributed by atoms with Crippen LogP contribution in [0.15, 0.2) is 12.3 Å². The number of primary amides is 1. The summed E-state index contributed by atoms with van der Waals surface area (Å²) in [6.45, 7) is 0.345. The first kappa shape index (κ1) is 13.7. The number of nitrogens with one attached hydrogen (secondary N) is 1. The predicted molar refractivity (Wildman–Crippen MR) is 65.0 cm³/mol. The average molecular weight is 276 g/mol. The molecule has 0 fully saturated rings. The van der Waals surface area contributed by atoms with Crippen LogP contribution < -0.4 is 11.1 Å². The van der Waals surface area contributed by atoms with E-state index < -0.39 is 5.91 Å². The van der Waals surface area contributed by atoms with Crippen LogP contribution in [0.5, 0.6) is 0 Å². The zero-order valence-corrected chi connectivity index (χ0v) is 10.4. The fourth-order valence-electron chi connectivity index (χ4n) is 1.15. The van der Waals surface area contributed by atoms with Crippen LogP contribution in [0.2, 0.25) is 10.2 Å². The van der Waals surface area contributed by atoms with Crippen LogP contribution >= 0.6 is 23.2 Å². The molecular weight excluding hydrogens is 265 g/mol. The van der Waals surface area contributed by atoms with Gasteiger partial charge in [0.05, 0.1) is 10.6 Å². The van der Waals surface area contributed by atoms with Gasteiger partial charge in [0.1, 0.15) is 5.15 Å². The number of pyridine rings is 1. The van der Waals surface area contributed by atoms with Gasteiger partial charge in [-0.1, -0.05) is 23.2 Å². The zero-order chi connectivity index (χ0) is 12.8. The van der Waals surface area contributed by atoms with Gasteiger partial charge < -0.3 is 11.1 Å². The molecule has 1 aromatic heterocycles. The summed E-state index contributed by atoms with van der Waals surface area (Å²) in [5.74, 6) is -0.756. The summed E-state index contributed by atoms with van der Waals surface area (Å²) in [7, 11) is 0. The highest BCUT2D eigenvalue weighted by Crippen LogP contribution is 2.17. The molecule has 1 heterocycles. The van der Waals surface area contributed by atoms with Crippen molar-refractivity contribution >= 4 is 35.0 Å². The summed E-state index contributed by atoms with van der Waals surface area (Å²) in [6, 6.07) is 1.38. The minimum Gasteiger partial charge on any atom is -0.370 e. The third kappa shape index (κ3) is 4.58. The highest BCUT2D eigenvalue weighted by molar-refractivity contribution is 6.35. The summed E-state index contributed by atoms with van der Waals surface area (Å²) >= 11 is 11.5. The van der Waals surface area contributed by atoms with Gasteiger partial charge in [0.25, 0.3) is 5.91 Å². The van der Waals surface area contributed by atoms with Gasteiger partial charge in [-0.25, -0.2) is 4.98 Å². The van der Waals surface area contributed by atoms with E-state index in [9.17, 15) is 9.59 Å². The Morgan fingerprint density at radius 1 is 1.41 bits per heavy atom. The van der Waals surface area contributed by atoms with Crippen molar-refractivity contribution in [2.75, 3.05) is 6.54 Å². The maximum Gasteiger partial charge on any atom is 0.252 e. The molecule has 17 heavy (non-hydrogen) atoms. The van der Waals surface area contributed by atoms with Crippen molar-refractivity contribution in [2.45, 2.75) is 12.8 Å². The van der Waals surface area contributed by atoms with Crippen molar-refractivity contribution in [1.29, 1.82) is 0 Å². The Morgan fingerprint density at radius 2 is 2.12 bits per heavy atom. The van der Waals surface area contributed by atoms with Gasteiger partial charge in [0.15, 0.2) is 0 Å². The lowest BCUT2D eigenvalue weighted by Crippen LogP contribution is -2.26. The van der Waals surface area contributed by atoms with Gasteiger partial charge in [0, 0.05) is 19.2 Å². The number of carbonyl (C=O) groups is 2. The van der Waals surface area contributed by atoms with Crippen molar-refractivity contribution in [1.82, 2.24) is 10.3 Å². The van der Waals surface area contributed by atoms with Crippen LogP contribution in [0.1, 0.15) is 23.2 Å². The molecule has 0 atom stereocenters. The minimum absolute atomic E-state index is 0.191. The largest absolute Gasteiger partial charge is 0.370 e. The van der Waals surface area contributed by atoms with E-state index in [0.29, 0.717) is 13.0 Å². The van der Waals surface area contributed by atoms with Gasteiger partial charge in [-0.3, -0.25) is 9.59 Å². The molecule has 0 aromatic carbocycles. The molecule has 5 nitrogen and oxygen atoms in total. The molecule has 0 aliphatic heterocycles. The molecular formula is C10H11Cl2N3O2. The quantitative estimate of drug-likeness (QED) is 0.629. The highest BCUT2D eigenvalue weighted by Gasteiger charge is 2.11. The van der Waals surface area contributed by atoms with Gasteiger partial charge in [0.2, 0.25) is 5.91 Å². The zero-order valence-electron chi connectivity index (χ0n) is 8.87. The van der Waals surface area contributed by atoms with E-state index in [-0.39, 0.29) is 28.1 Å². The van der Waals surface area contributed by atoms with Crippen molar-refractivity contribution in [3.05, 3.63) is 28.0 Å². The van der Waals surface area contributed by atoms with E-state index in [0.717, 1.165) is 0 Å². The highest BCUT2D eigenvalue weighted by atomic mass is 35.5. The monoisotopic (exact) mass is 275 g/mol. The van der Waals surface area contributed by atoms with Crippen LogP contribution in [-0.2, 0) is 4.79 Å². The third-order valence-electron chi connectivity index (χ3n) is 1.95. The van der Waals surface area contributed by atoms with Gasteiger partial charge in [-0.2, -0.15) is 0 Å². The minimum atomic E-state index is -0.399. The van der Waals surface area contributed by atoms with E-state index in [1.807, 2.05) is 0 Å². The molecule has 2 amide bonds. The molecule has 0 radical (unpaired) electrons. The maximum absolute atomic E-state index is 11.7. The maximum atomic E-state index is 11.7. The number of nitrogens with two attached hydrogens (primary N) is 1. The Hall–Kier alpha value is -1.33. The Bertz CT molecular complexity index is 438. The standard InChI is InChI=1S/C10H11Cl2N3O2/c11-7-5-15-8(12)4-6(7)10(17)14-3-1-2-9(13)16/h4-5H,1-3H2,(H2,13,16)(H,14,17). The molecule has 0 unspecified atom stereocenters. The lowest BCUT2D eigenvalue weighted by Gasteiger charge is -2.06. The summed E-state index contributed by atoms with van der Waals surface area (Å²) in [6.07, 6.45) is 2.02. The fraction of sp³-hybridized carbons (Fsp3) is 0.300. The fourth-order valence-corrected chi connectivity index (χ4v) is 1.49. The van der Waals surface area contributed by atoms with Gasteiger partial charge in [-0.15, -0.1) is 0 Å². The van der Waals surface area contributed by atoms with E-state index in [1.54, 1.807) is 0 Å². The van der Waals surface area contributed by atoms with Gasteiger partial charge in [-0.05, 0) is 12.5 Å². The second kappa shape index (κ2) is 6.42. The molecule has 0 saturated heterocycles. The molecule has 92 valence electrons. The normalized spacial score (nSPS) is 10.0. The number of carbonyl (C=O) groups excluding carboxylic acids is 2. The first-order chi connectivity index (χ1) is 8.00. The molecule has 0 spiro atoms. The second-order valence-electron chi connectivity index (χ2n) is 3.31. The summed E-state index contributed by atoms with van der Waals surface area (Å²) in [4.78, 5) is 25.9. The number of aromatic nitrogens is 1. The van der Waals surface area contributed by atoms with Crippen LogP contribution in [0.4, 0.5) is 0 Å². The molecule has 1 aromatic rings. The summed E-state index contributed by atoms with van der Waals surface area (Å²) < 4.78 is 0. The Morgan fingerprint density at radius 3 is 2.76 bits per heavy atom. The molecule has 1 rings (SSSR count). The number of nitrogens with zero attached hydrogens (tertiary/aromatic N) is 1. The Kier molecular flexibility index (Phi) is 5.18. The van der Waals surface area contributed by atoms with Crippen LogP contribution in [0.3, 0.4) is 0 Å². The predicted octanol–water partition coefficient (Wildman–Crippen LogP) is 1.38. The number of halogens is 2. The van der Waals surface area contributed by atoms with E-state index in [4.69, 9.17) is 28.9 Å². The molecule has 0 bridgehead atoms. The van der Waals surface area contributed by atoms with Crippen LogP contribution in [-0.4, -0.2) is 23.3 Å². The first-order valence-corrected chi connectivity index (χ1v) is 5.64. The lowest BCUT2D eigenvalue weighted by atomic mass is 10.2. The van der Waals surface area contributed by atoms with Crippen molar-refractivity contribution in [2.24, 2.45) is 5.73 Å². The molecule has 0 aliphatic rings. The molecule has 0 saturated carbocycles. The SMILES string of the molecule is NC(=O)CCCNC(=O)c1cc(Cl)ncc1Cl. The smallest absolute Gasteiger partial charge is 0.252 e. The molecule has 7 heteroatoms. The van der Waals surface area contributed by atoms with Crippen molar-refractivity contribution < 1.29 is 9.59 Å². The van der Waals surface area contributed by atoms with Crippen molar-refractivity contribution in [3.63, 3.8) is 0 Å². The van der Waals surface area contributed by atoms with Crippen molar-refractivity contribution in [3.8, 4) is 0 Å². The average Bonchev–Trinajstić information content (AvgIpc) is 2.27. The lowest BCUT2D eigenvalue weighted by molar-refractivity contribution is -0.118. The number of rotatable bonds is 5. The number of hydrogen-bond acceptors (Lipinski definition) is 3. The number of amides is 2. The first-order valence-electron chi connectivity index (χ1n) is 4.88. The topological polar surface area (TPSA) is 85.1 Å². The molecule has 0 aliphatic carbocycles. The Balaban J connectivity index is 2.52. The summed E-state index contributed by atoms with van der Waals surface area (Å²) in [5.41, 5.74) is 5.22. The van der Waals surface area contributed by atoms with E-state index in [1.165, 1.54) is 12.3 Å². The van der Waals surface area contributed by atoms with E-state index >= 15 is 0 Å². The molecule has 3 N–H and O–H groups in total. The van der Waals surface area contributed by atoms with Gasteiger partial charge >= 0.3 is 0 Å². The third-order valence-corrected chi connectivity index (χ3v) is 2.46.